The normalized spacial score (nSPS) is 18.3. The van der Waals surface area contributed by atoms with Crippen LogP contribution >= 0.6 is 0 Å². The number of nitrogens with zero attached hydrogens (tertiary/aromatic N) is 1. The molecule has 0 radical (unpaired) electrons. The van der Waals surface area contributed by atoms with Gasteiger partial charge in [0, 0.05) is 60.7 Å². The summed E-state index contributed by atoms with van der Waals surface area (Å²) in [7, 11) is 1.25. The molecule has 11 heteroatoms. The fourth-order valence-electron chi connectivity index (χ4n) is 9.31. The van der Waals surface area contributed by atoms with Crippen molar-refractivity contribution in [2.24, 2.45) is 0 Å². The quantitative estimate of drug-likeness (QED) is 0.160. The lowest BCUT2D eigenvalue weighted by molar-refractivity contribution is -0.121. The lowest BCUT2D eigenvalue weighted by Crippen LogP contribution is -2.22. The Morgan fingerprint density at radius 2 is 1.23 bits per heavy atom. The maximum absolute atomic E-state index is 13.3. The Hall–Kier alpha value is -5.94. The van der Waals surface area contributed by atoms with Gasteiger partial charge in [0.05, 0.1) is 23.0 Å². The van der Waals surface area contributed by atoms with E-state index in [4.69, 9.17) is 20.3 Å². The van der Waals surface area contributed by atoms with E-state index in [-0.39, 0.29) is 47.3 Å². The molecule has 0 bridgehead atoms. The van der Waals surface area contributed by atoms with E-state index >= 15 is 0 Å². The summed E-state index contributed by atoms with van der Waals surface area (Å²) in [4.78, 5) is 42.4. The summed E-state index contributed by atoms with van der Waals surface area (Å²) in [5, 5.41) is 2.17. The summed E-state index contributed by atoms with van der Waals surface area (Å²) in [6, 6.07) is 28.4. The number of rotatable bonds is 8. The van der Waals surface area contributed by atoms with Crippen LogP contribution in [0.5, 0.6) is 23.0 Å². The first-order chi connectivity index (χ1) is 31.9. The Labute approximate surface area is 388 Å². The van der Waals surface area contributed by atoms with Gasteiger partial charge < -0.3 is 28.7 Å². The monoisotopic (exact) mass is 899 g/mol. The smallest absolute Gasteiger partial charge is 0.231 e. The van der Waals surface area contributed by atoms with Gasteiger partial charge in [0.2, 0.25) is 19.5 Å². The van der Waals surface area contributed by atoms with Crippen LogP contribution < -0.4 is 18.9 Å². The van der Waals surface area contributed by atoms with Crippen molar-refractivity contribution in [3.63, 3.8) is 0 Å². The number of nitrogens with one attached hydrogen (secondary N) is 1. The molecule has 5 aliphatic rings. The Balaban J connectivity index is 0.000000157. The highest BCUT2D eigenvalue weighted by atomic mass is 19.1. The summed E-state index contributed by atoms with van der Waals surface area (Å²) in [5.74, 6) is 3.49. The summed E-state index contributed by atoms with van der Waals surface area (Å²) in [5.41, 5.74) is 7.48. The highest BCUT2D eigenvalue weighted by molar-refractivity contribution is 5.97. The first kappa shape index (κ1) is 45.2. The average molecular weight is 900 g/mol. The van der Waals surface area contributed by atoms with Gasteiger partial charge >= 0.3 is 0 Å². The van der Waals surface area contributed by atoms with Gasteiger partial charge in [0.15, 0.2) is 29.4 Å². The zero-order chi connectivity index (χ0) is 47.9. The van der Waals surface area contributed by atoms with Crippen molar-refractivity contribution in [3.8, 4) is 23.0 Å². The molecule has 2 aliphatic carbocycles. The second kappa shape index (κ2) is 17.7. The molecule has 2 aromatic heterocycles. The molecule has 0 spiro atoms. The molecular weight excluding hydrogens is 836 g/mol. The molecule has 3 fully saturated rings. The van der Waals surface area contributed by atoms with Crippen LogP contribution in [0.2, 0.25) is 0 Å². The third-order valence-corrected chi connectivity index (χ3v) is 13.5. The Morgan fingerprint density at radius 1 is 0.697 bits per heavy atom. The molecule has 348 valence electrons. The molecule has 1 saturated heterocycles. The molecule has 4 aromatic carbocycles. The molecule has 6 aromatic rings. The molecular formula is C55H63FN2O8. The number of carbonyl (C=O) groups is 3. The zero-order valence-electron chi connectivity index (χ0n) is 40.5. The predicted molar refractivity (Wildman–Crippen MR) is 255 cm³/mol. The van der Waals surface area contributed by atoms with Crippen LogP contribution in [0, 0.1) is 0 Å². The van der Waals surface area contributed by atoms with Gasteiger partial charge in [-0.15, -0.1) is 0 Å². The van der Waals surface area contributed by atoms with Crippen molar-refractivity contribution in [2.45, 2.75) is 135 Å². The number of carbonyl (C=O) groups excluding carboxylic acids is 3. The van der Waals surface area contributed by atoms with Crippen molar-refractivity contribution in [2.75, 3.05) is 20.2 Å². The third kappa shape index (κ3) is 9.24. The second-order valence-electron chi connectivity index (χ2n) is 20.3. The molecule has 3 aliphatic heterocycles. The standard InChI is InChI=1S/C26H27NO4.C24H25NO3.C4H7FO.CH4/c1-16(28)27-20-7-5-17(11-18(20)13-23(27)25(2,3)4)12-24(29)26(9-10-26)19-6-8-21-22(14-19)31-15-30-21;1-23(2,3)21-12-16-10-15(4-6-18(16)25-21)11-22(26)24(8-9-24)17-5-7-19-20(13-17)28-14-27-19;5-4-2-1-3-6-4;/h5-8,11,13-14H,9-10,12,15H2,1-4H3;4-7,10,12-13,25H,8-9,11,14H2,1-3H3;4H,1-3H2;1H4/i;;;1D. The largest absolute Gasteiger partial charge is 0.454 e. The zero-order valence-corrected chi connectivity index (χ0v) is 39.5. The number of H-pyrrole nitrogens is 1. The molecule has 11 rings (SSSR count). The number of hydrogen-bond acceptors (Lipinski definition) is 8. The maximum atomic E-state index is 13.3. The van der Waals surface area contributed by atoms with Crippen LogP contribution in [-0.2, 0) is 48.8 Å². The van der Waals surface area contributed by atoms with E-state index < -0.39 is 11.8 Å². The van der Waals surface area contributed by atoms with E-state index in [2.05, 4.69) is 87.7 Å². The number of halogens is 1. The van der Waals surface area contributed by atoms with Crippen LogP contribution in [0.25, 0.3) is 21.8 Å². The topological polar surface area (TPSA) is 118 Å². The van der Waals surface area contributed by atoms with Crippen LogP contribution in [0.3, 0.4) is 0 Å². The lowest BCUT2D eigenvalue weighted by Gasteiger charge is -2.20. The fraction of sp³-hybridized carbons (Fsp3) is 0.436. The van der Waals surface area contributed by atoms with E-state index in [1.54, 1.807) is 11.5 Å². The molecule has 10 nitrogen and oxygen atoms in total. The summed E-state index contributed by atoms with van der Waals surface area (Å²) in [6.07, 6.45) is 4.91. The van der Waals surface area contributed by atoms with Crippen LogP contribution in [-0.4, -0.2) is 53.6 Å². The number of ketones is 2. The summed E-state index contributed by atoms with van der Waals surface area (Å²) >= 11 is 0. The summed E-state index contributed by atoms with van der Waals surface area (Å²) in [6.45, 7) is 15.6. The molecule has 2 saturated carbocycles. The average Bonchev–Trinajstić information content (AvgIpc) is 3.80. The van der Waals surface area contributed by atoms with E-state index in [1.165, 1.54) is 18.5 Å². The Morgan fingerprint density at radius 3 is 1.68 bits per heavy atom. The van der Waals surface area contributed by atoms with Crippen molar-refractivity contribution in [1.82, 2.24) is 9.55 Å². The fourth-order valence-corrected chi connectivity index (χ4v) is 9.31. The minimum atomic E-state index is -0.954. The number of aromatic amines is 1. The maximum Gasteiger partial charge on any atom is 0.231 e. The lowest BCUT2D eigenvalue weighted by atomic mass is 9.87. The first-order valence-electron chi connectivity index (χ1n) is 23.8. The minimum absolute atomic E-state index is 0.00323. The Bertz CT molecular complexity index is 2810. The van der Waals surface area contributed by atoms with Gasteiger partial charge in [-0.1, -0.05) is 73.2 Å². The minimum Gasteiger partial charge on any atom is -0.454 e. The van der Waals surface area contributed by atoms with Gasteiger partial charge in [-0.25, -0.2) is 4.39 Å². The van der Waals surface area contributed by atoms with Crippen LogP contribution in [0.4, 0.5) is 4.39 Å². The van der Waals surface area contributed by atoms with Crippen molar-refractivity contribution in [1.29, 1.82) is 0 Å². The van der Waals surface area contributed by atoms with Crippen molar-refractivity contribution in [3.05, 3.63) is 119 Å². The summed E-state index contributed by atoms with van der Waals surface area (Å²) < 4.78 is 45.5. The number of hydrogen-bond donors (Lipinski definition) is 1. The van der Waals surface area contributed by atoms with Crippen LogP contribution in [0.1, 0.15) is 134 Å². The molecule has 66 heavy (non-hydrogen) atoms. The number of aromatic nitrogens is 2. The van der Waals surface area contributed by atoms with Gasteiger partial charge in [-0.3, -0.25) is 19.0 Å². The highest BCUT2D eigenvalue weighted by Gasteiger charge is 2.52. The van der Waals surface area contributed by atoms with E-state index in [0.717, 1.165) is 99.5 Å². The van der Waals surface area contributed by atoms with E-state index in [0.29, 0.717) is 25.9 Å². The number of Topliss-reactive ketones (excluding diaryl/α,β-unsaturated/α-hetero) is 2. The molecule has 1 atom stereocenters. The molecule has 5 heterocycles. The van der Waals surface area contributed by atoms with Crippen LogP contribution in [0.15, 0.2) is 84.9 Å². The molecule has 0 amide bonds. The predicted octanol–water partition coefficient (Wildman–Crippen LogP) is 11.9. The van der Waals surface area contributed by atoms with Gasteiger partial charge in [0.25, 0.3) is 0 Å². The van der Waals surface area contributed by atoms with Crippen molar-refractivity contribution < 1.29 is 43.8 Å². The Kier molecular flexibility index (Phi) is 12.1. The molecule has 1 N–H and O–H groups in total. The first-order valence-corrected chi connectivity index (χ1v) is 22.8. The number of alkyl halides is 1. The van der Waals surface area contributed by atoms with Gasteiger partial charge in [-0.05, 0) is 120 Å². The van der Waals surface area contributed by atoms with Gasteiger partial charge in [-0.2, -0.15) is 0 Å². The van der Waals surface area contributed by atoms with E-state index in [9.17, 15) is 18.8 Å². The highest BCUT2D eigenvalue weighted by Crippen LogP contribution is 2.53. The number of fused-ring (bicyclic) bond motifs is 4. The van der Waals surface area contributed by atoms with E-state index in [1.807, 2.05) is 48.5 Å². The number of ether oxygens (including phenoxy) is 5. The third-order valence-electron chi connectivity index (χ3n) is 13.5. The van der Waals surface area contributed by atoms with Crippen molar-refractivity contribution >= 4 is 39.3 Å². The number of benzene rings is 4. The SMILES string of the molecule is CC(=O)n1c(C(C)(C)C)cc2cc(CC(=O)C3(c4ccc5c(c4)OCO5)CC3)ccc21.CC(C)(C)c1cc2cc(CC(=O)C3(c4ccc5c(c4)OCO5)CC3)ccc2[nH]1.FC1CCCO1.[2H]C. The molecule has 1 unspecified atom stereocenters. The second-order valence-corrected chi connectivity index (χ2v) is 20.3. The van der Waals surface area contributed by atoms with Gasteiger partial charge in [0.1, 0.15) is 11.6 Å².